The molecule has 26 heavy (non-hydrogen) atoms. The van der Waals surface area contributed by atoms with E-state index in [9.17, 15) is 8.42 Å². The van der Waals surface area contributed by atoms with Gasteiger partial charge in [-0.05, 0) is 30.7 Å². The highest BCUT2D eigenvalue weighted by Crippen LogP contribution is 2.27. The largest absolute Gasteiger partial charge is 0.306 e. The Labute approximate surface area is 154 Å². The zero-order valence-electron chi connectivity index (χ0n) is 14.4. The second-order valence-corrected chi connectivity index (χ2v) is 7.91. The van der Waals surface area contributed by atoms with Crippen molar-refractivity contribution >= 4 is 16.1 Å². The Kier molecular flexibility index (Phi) is 5.30. The highest BCUT2D eigenvalue weighted by atomic mass is 32.2. The van der Waals surface area contributed by atoms with Crippen molar-refractivity contribution in [2.75, 3.05) is 0 Å². The van der Waals surface area contributed by atoms with Gasteiger partial charge in [0.2, 0.25) is 9.84 Å². The first-order valence-corrected chi connectivity index (χ1v) is 9.71. The van der Waals surface area contributed by atoms with E-state index >= 15 is 0 Å². The Bertz CT molecular complexity index is 1010. The average Bonchev–Trinajstić information content (AvgIpc) is 2.67. The lowest BCUT2D eigenvalue weighted by atomic mass is 10.2. The Hall–Kier alpha value is -2.76. The molecule has 3 aromatic carbocycles. The molecule has 0 aliphatic carbocycles. The van der Waals surface area contributed by atoms with Crippen LogP contribution in [0.15, 0.2) is 93.6 Å². The summed E-state index contributed by atoms with van der Waals surface area (Å²) in [5, 5.41) is 0. The van der Waals surface area contributed by atoms with Crippen LogP contribution in [0.5, 0.6) is 0 Å². The van der Waals surface area contributed by atoms with Crippen molar-refractivity contribution in [2.24, 2.45) is 10.7 Å². The predicted molar refractivity (Wildman–Crippen MR) is 104 cm³/mol. The van der Waals surface area contributed by atoms with Crippen LogP contribution in [0.3, 0.4) is 0 Å². The van der Waals surface area contributed by atoms with E-state index in [-0.39, 0.29) is 9.79 Å². The van der Waals surface area contributed by atoms with Crippen molar-refractivity contribution in [1.29, 1.82) is 0 Å². The quantitative estimate of drug-likeness (QED) is 0.698. The predicted octanol–water partition coefficient (Wildman–Crippen LogP) is 3.90. The van der Waals surface area contributed by atoms with E-state index in [0.29, 0.717) is 5.56 Å². The van der Waals surface area contributed by atoms with E-state index in [1.807, 2.05) is 37.3 Å². The number of benzene rings is 3. The summed E-state index contributed by atoms with van der Waals surface area (Å²) in [6, 6.07) is 23.1. The Morgan fingerprint density at radius 2 is 1.50 bits per heavy atom. The monoisotopic (exact) mass is 364 g/mol. The van der Waals surface area contributed by atoms with E-state index < -0.39 is 16.0 Å². The van der Waals surface area contributed by atoms with Gasteiger partial charge in [-0.25, -0.2) is 8.42 Å². The third-order valence-corrected chi connectivity index (χ3v) is 5.89. The molecule has 0 saturated heterocycles. The molecule has 4 nitrogen and oxygen atoms in total. The van der Waals surface area contributed by atoms with Gasteiger partial charge >= 0.3 is 0 Å². The van der Waals surface area contributed by atoms with Crippen LogP contribution in [-0.4, -0.2) is 14.6 Å². The first-order chi connectivity index (χ1) is 12.5. The molecule has 0 fully saturated rings. The molecule has 0 aromatic heterocycles. The Morgan fingerprint density at radius 1 is 0.885 bits per heavy atom. The van der Waals surface area contributed by atoms with Gasteiger partial charge in [-0.1, -0.05) is 66.2 Å². The second kappa shape index (κ2) is 7.64. The molecule has 2 N–H and O–H groups in total. The number of nitrogens with zero attached hydrogens (tertiary/aromatic N) is 1. The van der Waals surface area contributed by atoms with Gasteiger partial charge in [0.05, 0.1) is 9.79 Å². The summed E-state index contributed by atoms with van der Waals surface area (Å²) < 4.78 is 26.1. The van der Waals surface area contributed by atoms with Crippen LogP contribution >= 0.6 is 0 Å². The number of rotatable bonds is 5. The first kappa shape index (κ1) is 18.0. The molecule has 1 unspecified atom stereocenters. The molecule has 0 aliphatic heterocycles. The maximum Gasteiger partial charge on any atom is 0.206 e. The number of aryl methyl sites for hydroxylation is 1. The summed E-state index contributed by atoms with van der Waals surface area (Å²) >= 11 is 0. The second-order valence-electron chi connectivity index (χ2n) is 5.99. The molecule has 0 amide bonds. The van der Waals surface area contributed by atoms with E-state index in [2.05, 4.69) is 4.99 Å². The van der Waals surface area contributed by atoms with Crippen LogP contribution in [0.25, 0.3) is 0 Å². The van der Waals surface area contributed by atoms with Crippen LogP contribution in [-0.2, 0) is 9.84 Å². The molecular weight excluding hydrogens is 344 g/mol. The van der Waals surface area contributed by atoms with E-state index in [0.717, 1.165) is 11.1 Å². The molecule has 1 atom stereocenters. The van der Waals surface area contributed by atoms with Crippen LogP contribution in [0.2, 0.25) is 0 Å². The minimum Gasteiger partial charge on any atom is -0.306 e. The summed E-state index contributed by atoms with van der Waals surface area (Å²) in [6.07, 6.45) is 0.881. The van der Waals surface area contributed by atoms with E-state index in [1.54, 1.807) is 54.7 Å². The maximum atomic E-state index is 13.0. The highest BCUT2D eigenvalue weighted by Gasteiger charge is 2.23. The average molecular weight is 364 g/mol. The van der Waals surface area contributed by atoms with Gasteiger partial charge in [0.1, 0.15) is 6.17 Å². The van der Waals surface area contributed by atoms with Crippen LogP contribution in [0, 0.1) is 6.92 Å². The third kappa shape index (κ3) is 3.90. The molecule has 0 bridgehead atoms. The van der Waals surface area contributed by atoms with Crippen LogP contribution in [0.4, 0.5) is 0 Å². The summed E-state index contributed by atoms with van der Waals surface area (Å²) in [5.41, 5.74) is 8.56. The van der Waals surface area contributed by atoms with Gasteiger partial charge in [0.25, 0.3) is 0 Å². The molecule has 0 heterocycles. The fraction of sp³-hybridized carbons (Fsp3) is 0.0952. The third-order valence-electron chi connectivity index (χ3n) is 4.04. The van der Waals surface area contributed by atoms with Gasteiger partial charge in [-0.15, -0.1) is 0 Å². The summed E-state index contributed by atoms with van der Waals surface area (Å²) in [6.45, 7) is 1.92. The molecule has 132 valence electrons. The number of nitrogens with two attached hydrogens (primary N) is 1. The zero-order valence-corrected chi connectivity index (χ0v) is 15.2. The van der Waals surface area contributed by atoms with Crippen molar-refractivity contribution in [3.05, 3.63) is 95.6 Å². The van der Waals surface area contributed by atoms with Crippen molar-refractivity contribution in [3.8, 4) is 0 Å². The van der Waals surface area contributed by atoms with Crippen LogP contribution < -0.4 is 5.73 Å². The maximum absolute atomic E-state index is 13.0. The topological polar surface area (TPSA) is 72.5 Å². The normalized spacial score (nSPS) is 13.0. The summed E-state index contributed by atoms with van der Waals surface area (Å²) in [7, 11) is -3.67. The summed E-state index contributed by atoms with van der Waals surface area (Å²) in [5.74, 6) is 0. The van der Waals surface area contributed by atoms with Crippen molar-refractivity contribution < 1.29 is 8.42 Å². The Morgan fingerprint density at radius 3 is 2.19 bits per heavy atom. The highest BCUT2D eigenvalue weighted by molar-refractivity contribution is 7.91. The fourth-order valence-electron chi connectivity index (χ4n) is 2.60. The first-order valence-electron chi connectivity index (χ1n) is 8.23. The smallest absolute Gasteiger partial charge is 0.206 e. The van der Waals surface area contributed by atoms with E-state index in [1.165, 1.54) is 0 Å². The molecule has 0 aliphatic rings. The summed E-state index contributed by atoms with van der Waals surface area (Å²) in [4.78, 5) is 4.76. The van der Waals surface area contributed by atoms with Gasteiger partial charge in [0, 0.05) is 11.8 Å². The van der Waals surface area contributed by atoms with Gasteiger partial charge in [-0.3, -0.25) is 4.99 Å². The minimum atomic E-state index is -3.67. The molecule has 3 rings (SSSR count). The number of sulfone groups is 1. The minimum absolute atomic E-state index is 0.182. The van der Waals surface area contributed by atoms with Crippen LogP contribution in [0.1, 0.15) is 22.9 Å². The molecule has 0 spiro atoms. The lowest BCUT2D eigenvalue weighted by Crippen LogP contribution is -2.14. The molecule has 3 aromatic rings. The van der Waals surface area contributed by atoms with Gasteiger partial charge < -0.3 is 5.73 Å². The van der Waals surface area contributed by atoms with Crippen molar-refractivity contribution in [3.63, 3.8) is 0 Å². The molecule has 0 radical (unpaired) electrons. The fourth-order valence-corrected chi connectivity index (χ4v) is 4.10. The molecule has 5 heteroatoms. The lowest BCUT2D eigenvalue weighted by molar-refractivity contribution is 0.593. The van der Waals surface area contributed by atoms with Gasteiger partial charge in [-0.2, -0.15) is 0 Å². The standard InChI is InChI=1S/C21H20N2O2S/c1-16-11-13-18(14-12-16)26(24,25)20-10-6-5-9-19(20)21(22)23-15-17-7-3-2-4-8-17/h2-15,21H,22H2,1H3. The Balaban J connectivity index is 1.98. The number of hydrogen-bond acceptors (Lipinski definition) is 4. The SMILES string of the molecule is Cc1ccc(S(=O)(=O)c2ccccc2C(N)N=Cc2ccccc2)cc1. The van der Waals surface area contributed by atoms with Crippen molar-refractivity contribution in [1.82, 2.24) is 0 Å². The zero-order chi connectivity index (χ0) is 18.6. The lowest BCUT2D eigenvalue weighted by Gasteiger charge is -2.14. The number of hydrogen-bond donors (Lipinski definition) is 1. The molecular formula is C21H20N2O2S. The van der Waals surface area contributed by atoms with Crippen molar-refractivity contribution in [2.45, 2.75) is 22.9 Å². The van der Waals surface area contributed by atoms with E-state index in [4.69, 9.17) is 5.73 Å². The van der Waals surface area contributed by atoms with Gasteiger partial charge in [0.15, 0.2) is 0 Å². The molecule has 0 saturated carbocycles. The number of aliphatic imine (C=N–C) groups is 1.